The average molecular weight is 292 g/mol. The summed E-state index contributed by atoms with van der Waals surface area (Å²) in [6, 6.07) is 0. The lowest BCUT2D eigenvalue weighted by molar-refractivity contribution is -0.123. The van der Waals surface area contributed by atoms with E-state index >= 15 is 0 Å². The highest BCUT2D eigenvalue weighted by Gasteiger charge is 2.67. The second-order valence-corrected chi connectivity index (χ2v) is 7.95. The fourth-order valence-corrected chi connectivity index (χ4v) is 5.95. The monoisotopic (exact) mass is 292 g/mol. The first-order valence-electron chi connectivity index (χ1n) is 8.35. The normalized spacial score (nSPS) is 40.8. The largest absolute Gasteiger partial charge is 0.396 e. The molecular weight excluding hydrogens is 264 g/mol. The van der Waals surface area contributed by atoms with Gasteiger partial charge in [-0.1, -0.05) is 19.4 Å². The minimum Gasteiger partial charge on any atom is -0.396 e. The van der Waals surface area contributed by atoms with Crippen LogP contribution in [-0.2, 0) is 4.79 Å². The summed E-state index contributed by atoms with van der Waals surface area (Å²) in [5, 5.41) is 19.1. The van der Waals surface area contributed by atoms with E-state index in [-0.39, 0.29) is 30.0 Å². The van der Waals surface area contributed by atoms with E-state index in [9.17, 15) is 15.0 Å². The maximum Gasteiger partial charge on any atom is 0.159 e. The predicted molar refractivity (Wildman–Crippen MR) is 81.6 cm³/mol. The quantitative estimate of drug-likeness (QED) is 0.837. The van der Waals surface area contributed by atoms with Gasteiger partial charge in [0, 0.05) is 25.0 Å². The molecule has 0 aromatic heterocycles. The smallest absolute Gasteiger partial charge is 0.159 e. The number of carbonyl (C=O) groups excluding carboxylic acids is 1. The number of carbonyl (C=O) groups is 1. The molecule has 0 saturated heterocycles. The Kier molecular flexibility index (Phi) is 3.57. The zero-order valence-electron chi connectivity index (χ0n) is 13.5. The van der Waals surface area contributed by atoms with Crippen LogP contribution in [0.3, 0.4) is 0 Å². The van der Waals surface area contributed by atoms with Crippen LogP contribution in [0, 0.1) is 28.6 Å². The maximum absolute atomic E-state index is 12.4. The summed E-state index contributed by atoms with van der Waals surface area (Å²) in [5.74, 6) is 1.51. The lowest BCUT2D eigenvalue weighted by atomic mass is 9.49. The van der Waals surface area contributed by atoms with Gasteiger partial charge < -0.3 is 10.2 Å². The third-order valence-corrected chi connectivity index (χ3v) is 7.17. The van der Waals surface area contributed by atoms with Crippen molar-refractivity contribution < 1.29 is 15.0 Å². The molecule has 2 N–H and O–H groups in total. The Bertz CT molecular complexity index is 491. The van der Waals surface area contributed by atoms with Crippen LogP contribution in [0.4, 0.5) is 0 Å². The van der Waals surface area contributed by atoms with E-state index in [1.165, 1.54) is 5.57 Å². The predicted octanol–water partition coefficient (Wildman–Crippen LogP) is 2.71. The lowest BCUT2D eigenvalue weighted by Gasteiger charge is -2.55. The van der Waals surface area contributed by atoms with Crippen LogP contribution in [0.15, 0.2) is 11.1 Å². The number of aliphatic hydroxyl groups is 2. The highest BCUT2D eigenvalue weighted by atomic mass is 16.3. The Morgan fingerprint density at radius 1 is 1.29 bits per heavy atom. The summed E-state index contributed by atoms with van der Waals surface area (Å²) < 4.78 is 0. The van der Waals surface area contributed by atoms with Gasteiger partial charge in [-0.05, 0) is 61.3 Å². The SMILES string of the molecule is CC1=C2CC3CC(CO)C(CCCO)C2(CC1=O)C3(C)C. The molecule has 2 bridgehead atoms. The summed E-state index contributed by atoms with van der Waals surface area (Å²) in [5.41, 5.74) is 2.46. The second-order valence-electron chi connectivity index (χ2n) is 7.95. The summed E-state index contributed by atoms with van der Waals surface area (Å²) in [7, 11) is 0. The molecule has 3 aliphatic carbocycles. The topological polar surface area (TPSA) is 57.5 Å². The molecule has 2 fully saturated rings. The van der Waals surface area contributed by atoms with Crippen molar-refractivity contribution in [1.29, 1.82) is 0 Å². The molecule has 0 aromatic carbocycles. The molecule has 1 spiro atoms. The van der Waals surface area contributed by atoms with Gasteiger partial charge in [0.25, 0.3) is 0 Å². The van der Waals surface area contributed by atoms with E-state index in [4.69, 9.17) is 0 Å². The second kappa shape index (κ2) is 4.92. The Labute approximate surface area is 127 Å². The summed E-state index contributed by atoms with van der Waals surface area (Å²) in [6.45, 7) is 7.07. The Balaban J connectivity index is 2.11. The molecule has 21 heavy (non-hydrogen) atoms. The van der Waals surface area contributed by atoms with Crippen molar-refractivity contribution in [1.82, 2.24) is 0 Å². The number of fused-ring (bicyclic) bond motifs is 1. The van der Waals surface area contributed by atoms with E-state index < -0.39 is 0 Å². The van der Waals surface area contributed by atoms with E-state index in [1.807, 2.05) is 6.92 Å². The average Bonchev–Trinajstić information content (AvgIpc) is 2.74. The highest BCUT2D eigenvalue weighted by molar-refractivity contribution is 6.00. The fraction of sp³-hybridized carbons (Fsp3) is 0.833. The zero-order chi connectivity index (χ0) is 15.4. The van der Waals surface area contributed by atoms with Gasteiger partial charge in [-0.25, -0.2) is 0 Å². The molecule has 118 valence electrons. The van der Waals surface area contributed by atoms with Crippen LogP contribution < -0.4 is 0 Å². The van der Waals surface area contributed by atoms with Crippen LogP contribution in [0.1, 0.15) is 52.9 Å². The minimum absolute atomic E-state index is 0.0559. The Morgan fingerprint density at radius 3 is 2.62 bits per heavy atom. The Morgan fingerprint density at radius 2 is 2.00 bits per heavy atom. The third kappa shape index (κ3) is 1.77. The number of rotatable bonds is 4. The van der Waals surface area contributed by atoms with Gasteiger partial charge in [0.15, 0.2) is 5.78 Å². The van der Waals surface area contributed by atoms with Crippen LogP contribution in [0.5, 0.6) is 0 Å². The van der Waals surface area contributed by atoms with Gasteiger partial charge >= 0.3 is 0 Å². The van der Waals surface area contributed by atoms with Crippen LogP contribution >= 0.6 is 0 Å². The van der Waals surface area contributed by atoms with E-state index in [2.05, 4.69) is 13.8 Å². The standard InChI is InChI=1S/C18H28O3/c1-11-15-8-13-7-12(10-20)14(5-4-6-19)18(15,9-16(11)21)17(13,2)3/h12-14,19-20H,4-10H2,1-3H3. The van der Waals surface area contributed by atoms with Crippen LogP contribution in [0.2, 0.25) is 0 Å². The molecule has 3 heteroatoms. The number of allylic oxidation sites excluding steroid dienone is 2. The number of hydrogen-bond acceptors (Lipinski definition) is 3. The zero-order valence-corrected chi connectivity index (χ0v) is 13.5. The first-order chi connectivity index (χ1) is 9.90. The maximum atomic E-state index is 12.4. The lowest BCUT2D eigenvalue weighted by Crippen LogP contribution is -2.51. The Hall–Kier alpha value is -0.670. The van der Waals surface area contributed by atoms with E-state index in [0.717, 1.165) is 31.3 Å². The molecule has 3 rings (SSSR count). The van der Waals surface area contributed by atoms with Gasteiger partial charge in [-0.15, -0.1) is 0 Å². The van der Waals surface area contributed by atoms with Crippen LogP contribution in [-0.4, -0.2) is 29.2 Å². The van der Waals surface area contributed by atoms with Gasteiger partial charge in [0.1, 0.15) is 0 Å². The van der Waals surface area contributed by atoms with Crippen molar-refractivity contribution in [2.75, 3.05) is 13.2 Å². The molecule has 0 aromatic rings. The molecule has 3 nitrogen and oxygen atoms in total. The van der Waals surface area contributed by atoms with Crippen molar-refractivity contribution >= 4 is 5.78 Å². The highest BCUT2D eigenvalue weighted by Crippen LogP contribution is 2.73. The van der Waals surface area contributed by atoms with Gasteiger partial charge in [-0.2, -0.15) is 0 Å². The molecule has 4 unspecified atom stereocenters. The van der Waals surface area contributed by atoms with Gasteiger partial charge in [0.05, 0.1) is 0 Å². The molecule has 0 amide bonds. The minimum atomic E-state index is -0.0559. The fourth-order valence-electron chi connectivity index (χ4n) is 5.95. The summed E-state index contributed by atoms with van der Waals surface area (Å²) in [4.78, 5) is 12.4. The number of ketones is 1. The first kappa shape index (κ1) is 15.2. The van der Waals surface area contributed by atoms with Crippen molar-refractivity contribution in [3.63, 3.8) is 0 Å². The molecule has 0 radical (unpaired) electrons. The van der Waals surface area contributed by atoms with E-state index in [0.29, 0.717) is 24.0 Å². The molecule has 3 aliphatic rings. The van der Waals surface area contributed by atoms with Gasteiger partial charge in [0.2, 0.25) is 0 Å². The third-order valence-electron chi connectivity index (χ3n) is 7.17. The van der Waals surface area contributed by atoms with Crippen molar-refractivity contribution in [3.05, 3.63) is 11.1 Å². The molecule has 0 heterocycles. The van der Waals surface area contributed by atoms with Crippen molar-refractivity contribution in [2.24, 2.45) is 28.6 Å². The number of Topliss-reactive ketones (excluding diaryl/α,β-unsaturated/α-hetero) is 1. The molecule has 2 saturated carbocycles. The summed E-state index contributed by atoms with van der Waals surface area (Å²) in [6.07, 6.45) is 4.42. The van der Waals surface area contributed by atoms with E-state index in [1.54, 1.807) is 0 Å². The molecule has 4 atom stereocenters. The van der Waals surface area contributed by atoms with Crippen molar-refractivity contribution in [2.45, 2.75) is 52.9 Å². The molecule has 0 aliphatic heterocycles. The number of aliphatic hydroxyl groups excluding tert-OH is 2. The number of hydrogen-bond donors (Lipinski definition) is 2. The first-order valence-corrected chi connectivity index (χ1v) is 8.35. The molecular formula is C18H28O3. The van der Waals surface area contributed by atoms with Crippen LogP contribution in [0.25, 0.3) is 0 Å². The van der Waals surface area contributed by atoms with Gasteiger partial charge in [-0.3, -0.25) is 4.79 Å². The van der Waals surface area contributed by atoms with Crippen molar-refractivity contribution in [3.8, 4) is 0 Å². The summed E-state index contributed by atoms with van der Waals surface area (Å²) >= 11 is 0.